The zero-order valence-electron chi connectivity index (χ0n) is 49.1. The molecular formula is C72H83O5PSi3. The van der Waals surface area contributed by atoms with Crippen LogP contribution < -0.4 is 41.7 Å². The first kappa shape index (κ1) is 59.6. The van der Waals surface area contributed by atoms with Gasteiger partial charge in [0.2, 0.25) is 0 Å². The van der Waals surface area contributed by atoms with Crippen LogP contribution in [0, 0.1) is 0 Å². The Morgan fingerprint density at radius 3 is 1.09 bits per heavy atom. The Balaban J connectivity index is 1.23. The van der Waals surface area contributed by atoms with E-state index in [0.29, 0.717) is 32.2 Å². The van der Waals surface area contributed by atoms with Crippen molar-refractivity contribution in [3.63, 3.8) is 0 Å². The van der Waals surface area contributed by atoms with Gasteiger partial charge in [0.05, 0.1) is 12.2 Å². The van der Waals surface area contributed by atoms with Gasteiger partial charge in [-0.2, -0.15) is 0 Å². The predicted octanol–water partition coefficient (Wildman–Crippen LogP) is 13.1. The van der Waals surface area contributed by atoms with E-state index >= 15 is 4.57 Å². The summed E-state index contributed by atoms with van der Waals surface area (Å²) in [5.41, 5.74) is 1.80. The molecule has 81 heavy (non-hydrogen) atoms. The van der Waals surface area contributed by atoms with Gasteiger partial charge in [-0.05, 0) is 63.8 Å². The Bertz CT molecular complexity index is 3180. The van der Waals surface area contributed by atoms with E-state index in [1.165, 1.54) is 20.7 Å². The molecule has 3 unspecified atom stereocenters. The summed E-state index contributed by atoms with van der Waals surface area (Å²) in [5, 5.41) is 7.88. The highest BCUT2D eigenvalue weighted by atomic mass is 31.2. The molecule has 0 bridgehead atoms. The van der Waals surface area contributed by atoms with E-state index in [4.69, 9.17) is 24.6 Å². The van der Waals surface area contributed by atoms with Crippen LogP contribution in [0.15, 0.2) is 266 Å². The quantitative estimate of drug-likeness (QED) is 0.0432. The van der Waals surface area contributed by atoms with Crippen molar-refractivity contribution < 1.29 is 22.6 Å². The number of allylic oxidation sites excluding steroid dienone is 1. The topological polar surface area (TPSA) is 54.0 Å². The van der Waals surface area contributed by atoms with E-state index in [-0.39, 0.29) is 15.1 Å². The Morgan fingerprint density at radius 2 is 0.753 bits per heavy atom. The van der Waals surface area contributed by atoms with Crippen molar-refractivity contribution in [2.45, 2.75) is 109 Å². The Morgan fingerprint density at radius 1 is 0.444 bits per heavy atom. The van der Waals surface area contributed by atoms with Crippen molar-refractivity contribution in [3.8, 4) is 0 Å². The van der Waals surface area contributed by atoms with Crippen LogP contribution in [-0.4, -0.2) is 62.6 Å². The largest absolute Gasteiger partial charge is 0.407 e. The van der Waals surface area contributed by atoms with Gasteiger partial charge in [0.1, 0.15) is 13.2 Å². The van der Waals surface area contributed by atoms with Crippen molar-refractivity contribution in [3.05, 3.63) is 266 Å². The molecule has 5 nitrogen and oxygen atoms in total. The molecule has 9 heteroatoms. The molecular weight excluding hydrogens is 1060 g/mol. The first-order valence-corrected chi connectivity index (χ1v) is 36.5. The monoisotopic (exact) mass is 1140 g/mol. The molecule has 1 saturated carbocycles. The smallest absolute Gasteiger partial charge is 0.262 e. The molecule has 8 aromatic rings. The van der Waals surface area contributed by atoms with E-state index in [1.807, 2.05) is 60.7 Å². The van der Waals surface area contributed by atoms with Crippen LogP contribution in [0.4, 0.5) is 0 Å². The number of benzene rings is 8. The lowest BCUT2D eigenvalue weighted by Gasteiger charge is -2.52. The molecule has 9 rings (SSSR count). The maximum atomic E-state index is 16.0. The number of hydrogen-bond donors (Lipinski definition) is 0. The standard InChI is InChI=1S/C72H83O5PSi3/c1-57-58(52-55-78(73,59-36-19-11-20-37-59)60-38-21-12-22-39-60)56-67(76-80(71(5,6)7,63-44-27-15-28-45-63)64-46-29-16-30-47-64)69(68(57)77-81(72(8,9)10,65-48-31-17-32-49-65)66-50-33-18-34-51-66)74-53-35-54-75-79(70(2,3)4,61-40-23-13-24-41-61)62-42-25-14-26-43-62/h11-34,36-52,67-69H,1,35,53-56H2,2-10H3. The summed E-state index contributed by atoms with van der Waals surface area (Å²) >= 11 is 0. The van der Waals surface area contributed by atoms with Gasteiger partial charge in [0, 0.05) is 36.4 Å². The third-order valence-corrected chi connectivity index (χ3v) is 34.7. The molecule has 3 atom stereocenters. The highest BCUT2D eigenvalue weighted by Gasteiger charge is 2.58. The summed E-state index contributed by atoms with van der Waals surface area (Å²) in [7, 11) is -12.7. The van der Waals surface area contributed by atoms with Crippen molar-refractivity contribution in [2.75, 3.05) is 19.4 Å². The zero-order chi connectivity index (χ0) is 57.4. The molecule has 0 aliphatic heterocycles. The van der Waals surface area contributed by atoms with Gasteiger partial charge in [-0.3, -0.25) is 0 Å². The molecule has 0 aromatic heterocycles. The Hall–Kier alpha value is -6.04. The fraction of sp³-hybridized carbons (Fsp3) is 0.278. The Kier molecular flexibility index (Phi) is 18.5. The van der Waals surface area contributed by atoms with Gasteiger partial charge in [-0.1, -0.05) is 318 Å². The van der Waals surface area contributed by atoms with Crippen LogP contribution in [0.25, 0.3) is 0 Å². The normalized spacial score (nSPS) is 17.3. The van der Waals surface area contributed by atoms with Crippen LogP contribution in [0.5, 0.6) is 0 Å². The molecule has 418 valence electrons. The molecule has 1 aliphatic rings. The van der Waals surface area contributed by atoms with Crippen LogP contribution in [0.3, 0.4) is 0 Å². The average Bonchev–Trinajstić information content (AvgIpc) is 3.57. The maximum absolute atomic E-state index is 16.0. The van der Waals surface area contributed by atoms with E-state index in [1.54, 1.807) is 0 Å². The van der Waals surface area contributed by atoms with Crippen molar-refractivity contribution in [1.82, 2.24) is 0 Å². The van der Waals surface area contributed by atoms with Crippen LogP contribution in [0.1, 0.15) is 75.2 Å². The average molecular weight is 1140 g/mol. The minimum atomic E-state index is -3.33. The van der Waals surface area contributed by atoms with E-state index in [9.17, 15) is 0 Å². The van der Waals surface area contributed by atoms with Gasteiger partial charge in [0.15, 0.2) is 0 Å². The molecule has 0 heterocycles. The maximum Gasteiger partial charge on any atom is 0.262 e. The molecule has 8 aromatic carbocycles. The van der Waals surface area contributed by atoms with Gasteiger partial charge in [0.25, 0.3) is 25.0 Å². The second-order valence-electron chi connectivity index (χ2n) is 24.8. The lowest BCUT2D eigenvalue weighted by molar-refractivity contribution is -0.0861. The fourth-order valence-corrected chi connectivity index (χ4v) is 29.2. The second-order valence-corrected chi connectivity index (χ2v) is 40.5. The zero-order valence-corrected chi connectivity index (χ0v) is 53.0. The van der Waals surface area contributed by atoms with E-state index < -0.39 is 50.4 Å². The number of rotatable bonds is 20. The molecule has 0 N–H and O–H groups in total. The van der Waals surface area contributed by atoms with Gasteiger partial charge in [-0.15, -0.1) is 0 Å². The fourth-order valence-electron chi connectivity index (χ4n) is 12.7. The lowest BCUT2D eigenvalue weighted by atomic mass is 9.84. The highest BCUT2D eigenvalue weighted by molar-refractivity contribution is 7.78. The van der Waals surface area contributed by atoms with Gasteiger partial charge < -0.3 is 22.6 Å². The predicted molar refractivity (Wildman–Crippen MR) is 349 cm³/mol. The summed E-state index contributed by atoms with van der Waals surface area (Å²) in [5.74, 6) is 0. The second kappa shape index (κ2) is 25.2. The summed E-state index contributed by atoms with van der Waals surface area (Å²) in [6.07, 6.45) is 1.74. The highest BCUT2D eigenvalue weighted by Crippen LogP contribution is 2.48. The number of ether oxygens (including phenoxy) is 1. The van der Waals surface area contributed by atoms with Crippen molar-refractivity contribution in [1.29, 1.82) is 0 Å². The molecule has 1 fully saturated rings. The summed E-state index contributed by atoms with van der Waals surface area (Å²) in [4.78, 5) is 0. The van der Waals surface area contributed by atoms with Crippen molar-refractivity contribution in [2.24, 2.45) is 0 Å². The summed E-state index contributed by atoms with van der Waals surface area (Å²) < 4.78 is 48.0. The minimum Gasteiger partial charge on any atom is -0.407 e. The third-order valence-electron chi connectivity index (χ3n) is 16.6. The molecule has 0 spiro atoms. The van der Waals surface area contributed by atoms with Crippen LogP contribution in [-0.2, 0) is 22.6 Å². The van der Waals surface area contributed by atoms with Gasteiger partial charge >= 0.3 is 0 Å². The molecule has 0 amide bonds. The first-order valence-electron chi connectivity index (χ1n) is 28.9. The Labute approximate surface area is 487 Å². The van der Waals surface area contributed by atoms with Crippen LogP contribution in [0.2, 0.25) is 15.1 Å². The van der Waals surface area contributed by atoms with Gasteiger partial charge in [-0.25, -0.2) is 0 Å². The van der Waals surface area contributed by atoms with Crippen molar-refractivity contribution >= 4 is 73.8 Å². The molecule has 1 aliphatic carbocycles. The third kappa shape index (κ3) is 12.1. The molecule has 0 saturated heterocycles. The SMILES string of the molecule is C=C1C(=CCP(=O)(c2ccccc2)c2ccccc2)CC(O[Si](c2ccccc2)(c2ccccc2)C(C)(C)C)C(OCCCO[Si](c2ccccc2)(c2ccccc2)C(C)(C)C)C1O[Si](c1ccccc1)(c1ccccc1)C(C)(C)C. The van der Waals surface area contributed by atoms with E-state index in [0.717, 1.165) is 32.1 Å². The minimum absolute atomic E-state index is 0.186. The van der Waals surface area contributed by atoms with Crippen LogP contribution >= 0.6 is 7.14 Å². The first-order chi connectivity index (χ1) is 38.9. The summed E-state index contributed by atoms with van der Waals surface area (Å²) in [6, 6.07) is 85.1. The number of hydrogen-bond acceptors (Lipinski definition) is 5. The lowest BCUT2D eigenvalue weighted by Crippen LogP contribution is -2.71. The molecule has 0 radical (unpaired) electrons. The summed E-state index contributed by atoms with van der Waals surface area (Å²) in [6.45, 7) is 26.9. The van der Waals surface area contributed by atoms with E-state index in [2.05, 4.69) is 250 Å².